The third-order valence-electron chi connectivity index (χ3n) is 2.63. The SMILES string of the molecule is COCCN(CC(=O)O)C(=O)c1csc(-c2cccs2)n1. The van der Waals surface area contributed by atoms with Gasteiger partial charge < -0.3 is 14.7 Å². The topological polar surface area (TPSA) is 79.7 Å². The number of thiazole rings is 1. The smallest absolute Gasteiger partial charge is 0.323 e. The van der Waals surface area contributed by atoms with Crippen molar-refractivity contribution in [2.75, 3.05) is 26.8 Å². The molecule has 1 N–H and O–H groups in total. The fraction of sp³-hybridized carbons (Fsp3) is 0.308. The van der Waals surface area contributed by atoms with Crippen molar-refractivity contribution >= 4 is 34.6 Å². The van der Waals surface area contributed by atoms with Gasteiger partial charge in [0.15, 0.2) is 0 Å². The molecule has 2 aromatic heterocycles. The fourth-order valence-electron chi connectivity index (χ4n) is 1.66. The molecule has 21 heavy (non-hydrogen) atoms. The van der Waals surface area contributed by atoms with Gasteiger partial charge in [0.1, 0.15) is 17.2 Å². The Kier molecular flexibility index (Phi) is 5.43. The van der Waals surface area contributed by atoms with Crippen molar-refractivity contribution in [3.8, 4) is 9.88 Å². The molecule has 0 aliphatic rings. The molecule has 6 nitrogen and oxygen atoms in total. The first-order valence-electron chi connectivity index (χ1n) is 6.11. The Morgan fingerprint density at radius 1 is 1.43 bits per heavy atom. The Hall–Kier alpha value is -1.77. The van der Waals surface area contributed by atoms with E-state index in [1.54, 1.807) is 16.7 Å². The van der Waals surface area contributed by atoms with Gasteiger partial charge in [-0.25, -0.2) is 4.98 Å². The number of carboxylic acids is 1. The summed E-state index contributed by atoms with van der Waals surface area (Å²) >= 11 is 2.91. The Morgan fingerprint density at radius 2 is 2.24 bits per heavy atom. The first-order chi connectivity index (χ1) is 10.1. The molecule has 0 spiro atoms. The Balaban J connectivity index is 2.14. The van der Waals surface area contributed by atoms with Gasteiger partial charge in [-0.05, 0) is 11.4 Å². The lowest BCUT2D eigenvalue weighted by molar-refractivity contribution is -0.137. The largest absolute Gasteiger partial charge is 0.480 e. The number of aliphatic carboxylic acids is 1. The number of carboxylic acid groups (broad SMARTS) is 1. The van der Waals surface area contributed by atoms with Crippen LogP contribution in [0.1, 0.15) is 10.5 Å². The number of aromatic nitrogens is 1. The van der Waals surface area contributed by atoms with Gasteiger partial charge >= 0.3 is 5.97 Å². The van der Waals surface area contributed by atoms with E-state index in [1.807, 2.05) is 17.5 Å². The standard InChI is InChI=1S/C13H14N2O4S2/c1-19-5-4-15(7-11(16)17)13(18)9-8-21-12(14-9)10-3-2-6-20-10/h2-3,6,8H,4-5,7H2,1H3,(H,16,17). The van der Waals surface area contributed by atoms with Crippen molar-refractivity contribution in [2.45, 2.75) is 0 Å². The molecule has 2 heterocycles. The summed E-state index contributed by atoms with van der Waals surface area (Å²) in [5.41, 5.74) is 0.265. The molecule has 8 heteroatoms. The molecule has 0 aliphatic carbocycles. The van der Waals surface area contributed by atoms with Crippen LogP contribution in [0.3, 0.4) is 0 Å². The van der Waals surface area contributed by atoms with Crippen LogP contribution in [0.15, 0.2) is 22.9 Å². The Morgan fingerprint density at radius 3 is 2.86 bits per heavy atom. The number of rotatable bonds is 7. The number of carbonyl (C=O) groups is 2. The predicted molar refractivity (Wildman–Crippen MR) is 80.8 cm³/mol. The second-order valence-corrected chi connectivity index (χ2v) is 5.93. The zero-order valence-corrected chi connectivity index (χ0v) is 12.9. The zero-order valence-electron chi connectivity index (χ0n) is 11.3. The van der Waals surface area contributed by atoms with E-state index in [0.717, 1.165) is 9.88 Å². The van der Waals surface area contributed by atoms with Crippen LogP contribution in [0.5, 0.6) is 0 Å². The number of methoxy groups -OCH3 is 1. The van der Waals surface area contributed by atoms with Crippen LogP contribution >= 0.6 is 22.7 Å². The third kappa shape index (κ3) is 4.10. The average molecular weight is 326 g/mol. The molecule has 2 rings (SSSR count). The van der Waals surface area contributed by atoms with Gasteiger partial charge in [0.05, 0.1) is 11.5 Å². The van der Waals surface area contributed by atoms with Crippen molar-refractivity contribution in [1.29, 1.82) is 0 Å². The van der Waals surface area contributed by atoms with E-state index >= 15 is 0 Å². The van der Waals surface area contributed by atoms with Crippen molar-refractivity contribution in [2.24, 2.45) is 0 Å². The van der Waals surface area contributed by atoms with Crippen molar-refractivity contribution in [3.63, 3.8) is 0 Å². The van der Waals surface area contributed by atoms with Gasteiger partial charge in [-0.3, -0.25) is 9.59 Å². The second-order valence-electron chi connectivity index (χ2n) is 4.13. The molecule has 0 fully saturated rings. The summed E-state index contributed by atoms with van der Waals surface area (Å²) in [6.07, 6.45) is 0. The number of carbonyl (C=O) groups excluding carboxylic acids is 1. The van der Waals surface area contributed by atoms with Crippen LogP contribution in [0.2, 0.25) is 0 Å². The number of thiophene rings is 1. The lowest BCUT2D eigenvalue weighted by Crippen LogP contribution is -2.38. The first kappa shape index (κ1) is 15.6. The lowest BCUT2D eigenvalue weighted by atomic mass is 10.3. The van der Waals surface area contributed by atoms with Gasteiger partial charge in [0.25, 0.3) is 5.91 Å². The second kappa shape index (κ2) is 7.30. The molecule has 0 radical (unpaired) electrons. The van der Waals surface area contributed by atoms with Crippen molar-refractivity contribution in [3.05, 3.63) is 28.6 Å². The molecule has 112 valence electrons. The molecule has 0 aromatic carbocycles. The summed E-state index contributed by atoms with van der Waals surface area (Å²) in [7, 11) is 1.50. The molecule has 0 atom stereocenters. The Bertz CT molecular complexity index is 609. The third-order valence-corrected chi connectivity index (χ3v) is 4.52. The maximum absolute atomic E-state index is 12.3. The maximum Gasteiger partial charge on any atom is 0.323 e. The van der Waals surface area contributed by atoms with Crippen LogP contribution in [-0.4, -0.2) is 53.7 Å². The van der Waals surface area contributed by atoms with Crippen LogP contribution in [0, 0.1) is 0 Å². The summed E-state index contributed by atoms with van der Waals surface area (Å²) in [5, 5.41) is 13.2. The molecule has 0 aliphatic heterocycles. The van der Waals surface area contributed by atoms with Gasteiger partial charge in [-0.1, -0.05) is 6.07 Å². The molecule has 0 saturated heterocycles. The highest BCUT2D eigenvalue weighted by Crippen LogP contribution is 2.28. The molecule has 2 aromatic rings. The summed E-state index contributed by atoms with van der Waals surface area (Å²) in [6, 6.07) is 3.84. The highest BCUT2D eigenvalue weighted by Gasteiger charge is 2.21. The van der Waals surface area contributed by atoms with Crippen LogP contribution < -0.4 is 0 Å². The molecule has 0 bridgehead atoms. The number of hydrogen-bond acceptors (Lipinski definition) is 6. The first-order valence-corrected chi connectivity index (χ1v) is 7.87. The zero-order chi connectivity index (χ0) is 15.2. The van der Waals surface area contributed by atoms with E-state index in [2.05, 4.69) is 4.98 Å². The minimum absolute atomic E-state index is 0.216. The minimum atomic E-state index is -1.06. The summed E-state index contributed by atoms with van der Waals surface area (Å²) in [4.78, 5) is 29.7. The van der Waals surface area contributed by atoms with E-state index in [1.165, 1.54) is 23.3 Å². The highest BCUT2D eigenvalue weighted by atomic mass is 32.1. The van der Waals surface area contributed by atoms with E-state index < -0.39 is 11.9 Å². The normalized spacial score (nSPS) is 10.5. The fourth-order valence-corrected chi connectivity index (χ4v) is 3.27. The number of amides is 1. The summed E-state index contributed by atoms with van der Waals surface area (Å²) in [6.45, 7) is 0.127. The number of hydrogen-bond donors (Lipinski definition) is 1. The molecule has 0 saturated carbocycles. The van der Waals surface area contributed by atoms with Crippen LogP contribution in [-0.2, 0) is 9.53 Å². The quantitative estimate of drug-likeness (QED) is 0.842. The lowest BCUT2D eigenvalue weighted by Gasteiger charge is -2.18. The monoisotopic (exact) mass is 326 g/mol. The summed E-state index contributed by atoms with van der Waals surface area (Å²) < 4.78 is 4.90. The van der Waals surface area contributed by atoms with E-state index in [4.69, 9.17) is 9.84 Å². The minimum Gasteiger partial charge on any atom is -0.480 e. The summed E-state index contributed by atoms with van der Waals surface area (Å²) in [5.74, 6) is -1.46. The molecular weight excluding hydrogens is 312 g/mol. The Labute approximate surface area is 129 Å². The number of ether oxygens (including phenoxy) is 1. The van der Waals surface area contributed by atoms with Crippen molar-refractivity contribution in [1.82, 2.24) is 9.88 Å². The molecule has 1 amide bonds. The van der Waals surface area contributed by atoms with Gasteiger partial charge in [-0.2, -0.15) is 0 Å². The van der Waals surface area contributed by atoms with E-state index in [9.17, 15) is 9.59 Å². The highest BCUT2D eigenvalue weighted by molar-refractivity contribution is 7.20. The molecule has 0 unspecified atom stereocenters. The van der Waals surface area contributed by atoms with Gasteiger partial charge in [-0.15, -0.1) is 22.7 Å². The van der Waals surface area contributed by atoms with E-state index in [0.29, 0.717) is 0 Å². The average Bonchev–Trinajstić information content (AvgIpc) is 3.11. The van der Waals surface area contributed by atoms with Gasteiger partial charge in [0, 0.05) is 19.0 Å². The predicted octanol–water partition coefficient (Wildman–Crippen LogP) is 2.04. The molecular formula is C13H14N2O4S2. The van der Waals surface area contributed by atoms with Crippen LogP contribution in [0.25, 0.3) is 9.88 Å². The van der Waals surface area contributed by atoms with Crippen LogP contribution in [0.4, 0.5) is 0 Å². The maximum atomic E-state index is 12.3. The van der Waals surface area contributed by atoms with E-state index in [-0.39, 0.29) is 25.4 Å². The number of nitrogens with zero attached hydrogens (tertiary/aromatic N) is 2. The van der Waals surface area contributed by atoms with Crippen molar-refractivity contribution < 1.29 is 19.4 Å². The van der Waals surface area contributed by atoms with Gasteiger partial charge in [0.2, 0.25) is 0 Å².